The number of hydrogen-bond acceptors (Lipinski definition) is 6. The van der Waals surface area contributed by atoms with Crippen molar-refractivity contribution in [1.82, 2.24) is 20.2 Å². The molecular weight excluding hydrogens is 292 g/mol. The Morgan fingerprint density at radius 1 is 1.26 bits per heavy atom. The molecule has 3 aromatic rings. The molecular formula is C17H18N4O2. The fourth-order valence-corrected chi connectivity index (χ4v) is 3.12. The smallest absolute Gasteiger partial charge is 0.154 e. The zero-order valence-corrected chi connectivity index (χ0v) is 13.0. The third-order valence-electron chi connectivity index (χ3n) is 4.21. The van der Waals surface area contributed by atoms with Crippen molar-refractivity contribution in [2.45, 2.75) is 32.4 Å². The standard InChI is InChI=1S/C17H18N4O2/c1-12-8-17(23-19-12)16-5-3-7-21(16)11-14-9-15(20-22-14)13-4-2-6-18-10-13/h2,4,6,8-10,16H,3,5,7,11H2,1H3. The molecule has 6 heteroatoms. The average Bonchev–Trinajstić information content (AvgIpc) is 3.29. The van der Waals surface area contributed by atoms with Crippen LogP contribution in [-0.4, -0.2) is 26.7 Å². The molecule has 3 aromatic heterocycles. The second-order valence-corrected chi connectivity index (χ2v) is 5.92. The molecule has 0 spiro atoms. The predicted octanol–water partition coefficient (Wildman–Crippen LogP) is 3.37. The van der Waals surface area contributed by atoms with Gasteiger partial charge in [0.1, 0.15) is 5.69 Å². The van der Waals surface area contributed by atoms with Crippen molar-refractivity contribution in [2.24, 2.45) is 0 Å². The van der Waals surface area contributed by atoms with Gasteiger partial charge in [-0.1, -0.05) is 10.3 Å². The van der Waals surface area contributed by atoms with Crippen molar-refractivity contribution < 1.29 is 9.05 Å². The average molecular weight is 310 g/mol. The first-order valence-corrected chi connectivity index (χ1v) is 7.83. The van der Waals surface area contributed by atoms with Crippen LogP contribution in [0.4, 0.5) is 0 Å². The lowest BCUT2D eigenvalue weighted by Gasteiger charge is -2.20. The summed E-state index contributed by atoms with van der Waals surface area (Å²) in [5.41, 5.74) is 2.70. The van der Waals surface area contributed by atoms with Gasteiger partial charge in [-0.2, -0.15) is 0 Å². The number of aryl methyl sites for hydroxylation is 1. The molecule has 1 fully saturated rings. The molecule has 1 saturated heterocycles. The van der Waals surface area contributed by atoms with E-state index < -0.39 is 0 Å². The zero-order valence-electron chi connectivity index (χ0n) is 13.0. The largest absolute Gasteiger partial charge is 0.359 e. The Morgan fingerprint density at radius 2 is 2.22 bits per heavy atom. The van der Waals surface area contributed by atoms with Crippen molar-refractivity contribution in [2.75, 3.05) is 6.54 Å². The van der Waals surface area contributed by atoms with Gasteiger partial charge in [0.2, 0.25) is 0 Å². The molecule has 0 bridgehead atoms. The minimum absolute atomic E-state index is 0.267. The van der Waals surface area contributed by atoms with E-state index in [0.717, 1.165) is 54.4 Å². The lowest BCUT2D eigenvalue weighted by Crippen LogP contribution is -2.22. The molecule has 6 nitrogen and oxygen atoms in total. The molecule has 4 heterocycles. The Morgan fingerprint density at radius 3 is 3.00 bits per heavy atom. The Bertz CT molecular complexity index is 781. The molecule has 118 valence electrons. The van der Waals surface area contributed by atoms with Gasteiger partial charge in [0.25, 0.3) is 0 Å². The van der Waals surface area contributed by atoms with Crippen LogP contribution in [0.2, 0.25) is 0 Å². The van der Waals surface area contributed by atoms with Gasteiger partial charge in [-0.05, 0) is 38.4 Å². The van der Waals surface area contributed by atoms with E-state index in [0.29, 0.717) is 0 Å². The van der Waals surface area contributed by atoms with Crippen molar-refractivity contribution in [1.29, 1.82) is 0 Å². The molecule has 0 N–H and O–H groups in total. The van der Waals surface area contributed by atoms with Crippen molar-refractivity contribution in [3.8, 4) is 11.3 Å². The van der Waals surface area contributed by atoms with Crippen LogP contribution in [0.15, 0.2) is 45.7 Å². The summed E-state index contributed by atoms with van der Waals surface area (Å²) in [7, 11) is 0. The van der Waals surface area contributed by atoms with Gasteiger partial charge in [0, 0.05) is 30.1 Å². The molecule has 0 saturated carbocycles. The maximum Gasteiger partial charge on any atom is 0.154 e. The summed E-state index contributed by atoms with van der Waals surface area (Å²) in [6.07, 6.45) is 5.77. The fraction of sp³-hybridized carbons (Fsp3) is 0.353. The lowest BCUT2D eigenvalue weighted by atomic mass is 10.1. The first-order chi connectivity index (χ1) is 11.3. The number of aromatic nitrogens is 3. The topological polar surface area (TPSA) is 68.2 Å². The molecule has 1 unspecified atom stereocenters. The molecule has 4 rings (SSSR count). The maximum atomic E-state index is 5.50. The normalized spacial score (nSPS) is 18.6. The second kappa shape index (κ2) is 5.96. The summed E-state index contributed by atoms with van der Waals surface area (Å²) in [5, 5.41) is 8.16. The van der Waals surface area contributed by atoms with Gasteiger partial charge in [-0.3, -0.25) is 9.88 Å². The third-order valence-corrected chi connectivity index (χ3v) is 4.21. The van der Waals surface area contributed by atoms with Crippen LogP contribution >= 0.6 is 0 Å². The Hall–Kier alpha value is -2.47. The molecule has 1 aliphatic rings. The van der Waals surface area contributed by atoms with E-state index in [4.69, 9.17) is 9.05 Å². The fourth-order valence-electron chi connectivity index (χ4n) is 3.12. The quantitative estimate of drug-likeness (QED) is 0.736. The van der Waals surface area contributed by atoms with E-state index in [9.17, 15) is 0 Å². The summed E-state index contributed by atoms with van der Waals surface area (Å²) in [6.45, 7) is 3.69. The van der Waals surface area contributed by atoms with Crippen LogP contribution in [0.5, 0.6) is 0 Å². The molecule has 0 aliphatic carbocycles. The number of pyridine rings is 1. The Kier molecular flexibility index (Phi) is 3.67. The summed E-state index contributed by atoms with van der Waals surface area (Å²) < 4.78 is 10.9. The SMILES string of the molecule is Cc1cc(C2CCCN2Cc2cc(-c3cccnc3)no2)on1. The summed E-state index contributed by atoms with van der Waals surface area (Å²) in [5.74, 6) is 1.79. The number of hydrogen-bond donors (Lipinski definition) is 0. The molecule has 0 aromatic carbocycles. The highest BCUT2D eigenvalue weighted by molar-refractivity contribution is 5.57. The van der Waals surface area contributed by atoms with Gasteiger partial charge in [-0.25, -0.2) is 0 Å². The molecule has 0 radical (unpaired) electrons. The molecule has 23 heavy (non-hydrogen) atoms. The van der Waals surface area contributed by atoms with Crippen LogP contribution in [0, 0.1) is 6.92 Å². The number of nitrogens with zero attached hydrogens (tertiary/aromatic N) is 4. The van der Waals surface area contributed by atoms with Gasteiger partial charge < -0.3 is 9.05 Å². The van der Waals surface area contributed by atoms with Gasteiger partial charge in [0.05, 0.1) is 18.3 Å². The van der Waals surface area contributed by atoms with Crippen molar-refractivity contribution >= 4 is 0 Å². The van der Waals surface area contributed by atoms with E-state index in [2.05, 4.69) is 20.2 Å². The minimum atomic E-state index is 0.267. The van der Waals surface area contributed by atoms with Crippen LogP contribution in [0.25, 0.3) is 11.3 Å². The van der Waals surface area contributed by atoms with Gasteiger partial charge in [-0.15, -0.1) is 0 Å². The molecule has 0 amide bonds. The third kappa shape index (κ3) is 2.90. The second-order valence-electron chi connectivity index (χ2n) is 5.92. The van der Waals surface area contributed by atoms with Gasteiger partial charge in [0.15, 0.2) is 11.5 Å². The van der Waals surface area contributed by atoms with Crippen LogP contribution < -0.4 is 0 Å². The highest BCUT2D eigenvalue weighted by atomic mass is 16.5. The predicted molar refractivity (Wildman–Crippen MR) is 83.4 cm³/mol. The highest BCUT2D eigenvalue weighted by Crippen LogP contribution is 2.33. The first kappa shape index (κ1) is 14.1. The summed E-state index contributed by atoms with van der Waals surface area (Å²) in [6, 6.07) is 8.14. The summed E-state index contributed by atoms with van der Waals surface area (Å²) in [4.78, 5) is 6.47. The Balaban J connectivity index is 1.50. The Labute approximate surface area is 134 Å². The minimum Gasteiger partial charge on any atom is -0.359 e. The zero-order chi connectivity index (χ0) is 15.6. The van der Waals surface area contributed by atoms with Gasteiger partial charge >= 0.3 is 0 Å². The highest BCUT2D eigenvalue weighted by Gasteiger charge is 2.30. The van der Waals surface area contributed by atoms with E-state index in [1.807, 2.05) is 31.2 Å². The van der Waals surface area contributed by atoms with E-state index >= 15 is 0 Å². The molecule has 1 aliphatic heterocycles. The van der Waals surface area contributed by atoms with Crippen LogP contribution in [-0.2, 0) is 6.54 Å². The maximum absolute atomic E-state index is 5.50. The summed E-state index contributed by atoms with van der Waals surface area (Å²) >= 11 is 0. The van der Waals surface area contributed by atoms with Crippen LogP contribution in [0.1, 0.15) is 36.1 Å². The van der Waals surface area contributed by atoms with E-state index in [1.165, 1.54) is 0 Å². The van der Waals surface area contributed by atoms with Crippen LogP contribution in [0.3, 0.4) is 0 Å². The van der Waals surface area contributed by atoms with Crippen molar-refractivity contribution in [3.63, 3.8) is 0 Å². The molecule has 1 atom stereocenters. The number of rotatable bonds is 4. The monoisotopic (exact) mass is 310 g/mol. The van der Waals surface area contributed by atoms with Crippen molar-refractivity contribution in [3.05, 3.63) is 53.9 Å². The number of likely N-dealkylation sites (tertiary alicyclic amines) is 1. The van der Waals surface area contributed by atoms with E-state index in [-0.39, 0.29) is 6.04 Å². The van der Waals surface area contributed by atoms with E-state index in [1.54, 1.807) is 12.4 Å². The lowest BCUT2D eigenvalue weighted by molar-refractivity contribution is 0.187. The first-order valence-electron chi connectivity index (χ1n) is 7.83.